The molecule has 2 bridgehead atoms. The van der Waals surface area contributed by atoms with Crippen LogP contribution in [0.1, 0.15) is 24.9 Å². The number of carbonyl (C=O) groups is 3. The first kappa shape index (κ1) is 31.3. The summed E-state index contributed by atoms with van der Waals surface area (Å²) in [5.74, 6) is -1.40. The number of anilines is 1. The number of carbonyl (C=O) groups excluding carboxylic acids is 3. The number of rotatable bonds is 11. The first-order valence-corrected chi connectivity index (χ1v) is 17.1. The molecule has 2 aromatic rings. The second-order valence-electron chi connectivity index (χ2n) is 11.7. The van der Waals surface area contributed by atoms with Gasteiger partial charge in [-0.1, -0.05) is 46.3 Å². The maximum atomic E-state index is 14.6. The molecule has 0 aliphatic carbocycles. The zero-order chi connectivity index (χ0) is 30.8. The molecular weight excluding hydrogens is 648 g/mol. The van der Waals surface area contributed by atoms with Crippen LogP contribution in [0.3, 0.4) is 0 Å². The summed E-state index contributed by atoms with van der Waals surface area (Å²) in [6.07, 6.45) is 0.566. The fraction of sp³-hybridized carbons (Fsp3) is 0.531. The van der Waals surface area contributed by atoms with Crippen molar-refractivity contribution in [1.82, 2.24) is 15.1 Å². The van der Waals surface area contributed by atoms with Crippen molar-refractivity contribution in [2.24, 2.45) is 11.8 Å². The second kappa shape index (κ2) is 13.4. The van der Waals surface area contributed by atoms with E-state index in [1.54, 1.807) is 40.9 Å². The van der Waals surface area contributed by atoms with Gasteiger partial charge in [0.05, 0.1) is 49.1 Å². The van der Waals surface area contributed by atoms with Crippen molar-refractivity contribution in [2.45, 2.75) is 40.3 Å². The fourth-order valence-corrected chi connectivity index (χ4v) is 10.9. The van der Waals surface area contributed by atoms with E-state index in [0.29, 0.717) is 50.8 Å². The quantitative estimate of drug-likeness (QED) is 0.309. The van der Waals surface area contributed by atoms with E-state index in [-0.39, 0.29) is 34.4 Å². The fourth-order valence-electron chi connectivity index (χ4n) is 7.32. The van der Waals surface area contributed by atoms with E-state index in [0.717, 1.165) is 18.7 Å². The van der Waals surface area contributed by atoms with Gasteiger partial charge in [-0.2, -0.15) is 0 Å². The lowest BCUT2D eigenvalue weighted by atomic mass is 9.70. The number of benzene rings is 2. The number of morpholine rings is 1. The summed E-state index contributed by atoms with van der Waals surface area (Å²) in [6.45, 7) is 6.18. The summed E-state index contributed by atoms with van der Waals surface area (Å²) < 4.78 is 10.2. The number of thioether (sulfide) groups is 1. The van der Waals surface area contributed by atoms with E-state index in [2.05, 4.69) is 31.5 Å². The third-order valence-corrected chi connectivity index (χ3v) is 12.5. The van der Waals surface area contributed by atoms with Crippen molar-refractivity contribution in [2.75, 3.05) is 57.9 Å². The summed E-state index contributed by atoms with van der Waals surface area (Å²) in [6, 6.07) is 14.9. The van der Waals surface area contributed by atoms with E-state index in [1.165, 1.54) is 0 Å². The lowest BCUT2D eigenvalue weighted by molar-refractivity contribution is -0.142. The van der Waals surface area contributed by atoms with Gasteiger partial charge in [0.2, 0.25) is 17.7 Å². The molecule has 1 spiro atoms. The number of fused-ring (bicyclic) bond motifs is 1. The Morgan fingerprint density at radius 3 is 2.55 bits per heavy atom. The highest BCUT2D eigenvalue weighted by Gasteiger charge is 2.76. The number of likely N-dealkylation sites (tertiary alicyclic amines) is 1. The molecule has 4 aliphatic heterocycles. The Morgan fingerprint density at radius 1 is 1.14 bits per heavy atom. The summed E-state index contributed by atoms with van der Waals surface area (Å²) >= 11 is 5.40. The molecule has 4 fully saturated rings. The van der Waals surface area contributed by atoms with Crippen LogP contribution in [0.25, 0.3) is 0 Å². The number of hydrogen-bond acceptors (Lipinski definition) is 8. The molecule has 44 heavy (non-hydrogen) atoms. The van der Waals surface area contributed by atoms with Crippen LogP contribution in [-0.2, 0) is 19.1 Å². The molecule has 236 valence electrons. The first-order valence-electron chi connectivity index (χ1n) is 15.3. The summed E-state index contributed by atoms with van der Waals surface area (Å²) in [5.41, 5.74) is 1.36. The van der Waals surface area contributed by atoms with Gasteiger partial charge in [-0.05, 0) is 43.2 Å². The zero-order valence-electron chi connectivity index (χ0n) is 24.7. The summed E-state index contributed by atoms with van der Waals surface area (Å²) in [7, 11) is 0. The largest absolute Gasteiger partial charge is 0.494 e. The minimum absolute atomic E-state index is 0.0551. The van der Waals surface area contributed by atoms with Crippen molar-refractivity contribution in [1.29, 1.82) is 0 Å². The van der Waals surface area contributed by atoms with Gasteiger partial charge in [0, 0.05) is 41.9 Å². The number of hydrogen-bond donors (Lipinski definition) is 3. The van der Waals surface area contributed by atoms with E-state index in [1.807, 2.05) is 37.3 Å². The second-order valence-corrected chi connectivity index (χ2v) is 14.4. The smallest absolute Gasteiger partial charge is 0.244 e. The molecule has 6 rings (SSSR count). The topological polar surface area (TPSA) is 120 Å². The molecule has 4 saturated heterocycles. The highest BCUT2D eigenvalue weighted by molar-refractivity contribution is 9.09. The van der Waals surface area contributed by atoms with Gasteiger partial charge >= 0.3 is 0 Å². The van der Waals surface area contributed by atoms with Crippen LogP contribution in [0.4, 0.5) is 5.69 Å². The molecule has 3 amide bonds. The zero-order valence-corrected chi connectivity index (χ0v) is 27.1. The number of amides is 3. The minimum Gasteiger partial charge on any atom is -0.494 e. The summed E-state index contributed by atoms with van der Waals surface area (Å²) in [4.78, 5) is 46.5. The molecule has 2 aromatic carbocycles. The predicted octanol–water partition coefficient (Wildman–Crippen LogP) is 2.67. The molecule has 7 atom stereocenters. The maximum absolute atomic E-state index is 14.6. The molecule has 0 aromatic heterocycles. The highest BCUT2D eigenvalue weighted by atomic mass is 79.9. The van der Waals surface area contributed by atoms with Gasteiger partial charge in [-0.25, -0.2) is 0 Å². The number of nitrogens with one attached hydrogen (secondary N) is 2. The molecule has 0 saturated carbocycles. The number of ether oxygens (including phenoxy) is 2. The number of halogens is 1. The Bertz CT molecular complexity index is 1350. The molecule has 10 nitrogen and oxygen atoms in total. The summed E-state index contributed by atoms with van der Waals surface area (Å²) in [5, 5.41) is 16.6. The molecule has 3 N–H and O–H groups in total. The van der Waals surface area contributed by atoms with Crippen LogP contribution in [-0.4, -0.2) is 106 Å². The van der Waals surface area contributed by atoms with Gasteiger partial charge in [-0.15, -0.1) is 11.8 Å². The van der Waals surface area contributed by atoms with Crippen LogP contribution < -0.4 is 15.4 Å². The van der Waals surface area contributed by atoms with Gasteiger partial charge in [0.25, 0.3) is 0 Å². The van der Waals surface area contributed by atoms with Gasteiger partial charge in [0.15, 0.2) is 0 Å². The SMILES string of the molecule is CCOc1ccc(NC(=O)[C@H]2[C@H]3C(=O)N([C@H](CO)c4ccccc4)C(C(=O)NCCN4CCOCC4)C34CC(Br)[C@@H]2S4)cc1. The number of alkyl halides is 1. The minimum atomic E-state index is -0.847. The van der Waals surface area contributed by atoms with Crippen LogP contribution in [0.15, 0.2) is 54.6 Å². The van der Waals surface area contributed by atoms with E-state index in [9.17, 15) is 19.5 Å². The maximum Gasteiger partial charge on any atom is 0.244 e. The van der Waals surface area contributed by atoms with Crippen molar-refractivity contribution in [3.05, 3.63) is 60.2 Å². The monoisotopic (exact) mass is 686 g/mol. The molecule has 12 heteroatoms. The highest BCUT2D eigenvalue weighted by Crippen LogP contribution is 2.68. The van der Waals surface area contributed by atoms with Crippen LogP contribution in [0.2, 0.25) is 0 Å². The van der Waals surface area contributed by atoms with Crippen molar-refractivity contribution >= 4 is 51.1 Å². The van der Waals surface area contributed by atoms with Crippen LogP contribution in [0, 0.1) is 11.8 Å². The lowest BCUT2D eigenvalue weighted by Gasteiger charge is -2.37. The molecular formula is C32H39BrN4O6S. The Kier molecular flexibility index (Phi) is 9.53. The Morgan fingerprint density at radius 2 is 1.86 bits per heavy atom. The average molecular weight is 688 g/mol. The van der Waals surface area contributed by atoms with E-state index in [4.69, 9.17) is 9.47 Å². The van der Waals surface area contributed by atoms with Gasteiger partial charge < -0.3 is 30.1 Å². The lowest BCUT2D eigenvalue weighted by Crippen LogP contribution is -2.56. The molecule has 4 aliphatic rings. The predicted molar refractivity (Wildman–Crippen MR) is 172 cm³/mol. The first-order chi connectivity index (χ1) is 21.4. The number of nitrogens with zero attached hydrogens (tertiary/aromatic N) is 2. The Labute approximate surface area is 270 Å². The van der Waals surface area contributed by atoms with Crippen molar-refractivity contribution in [3.8, 4) is 5.75 Å². The standard InChI is InChI=1S/C32H39BrN4O6S/c1-2-43-22-10-8-21(9-11-22)35-29(39)25-26-31(41)37(24(19-38)20-6-4-3-5-7-20)28(32(26)18-23(33)27(25)44-32)30(40)34-12-13-36-14-16-42-17-15-36/h3-11,23-28,38H,2,12-19H2,1H3,(H,34,40)(H,35,39)/t23?,24-,25+,26+,27+,28?,32?/m1/s1. The van der Waals surface area contributed by atoms with Crippen LogP contribution >= 0.6 is 27.7 Å². The van der Waals surface area contributed by atoms with Crippen molar-refractivity contribution in [3.63, 3.8) is 0 Å². The van der Waals surface area contributed by atoms with E-state index >= 15 is 0 Å². The van der Waals surface area contributed by atoms with Crippen molar-refractivity contribution < 1.29 is 29.0 Å². The van der Waals surface area contributed by atoms with Crippen LogP contribution in [0.5, 0.6) is 5.75 Å². The average Bonchev–Trinajstić information content (AvgIpc) is 3.63. The van der Waals surface area contributed by atoms with Gasteiger partial charge in [-0.3, -0.25) is 19.3 Å². The molecule has 3 unspecified atom stereocenters. The normalized spacial score (nSPS) is 30.2. The molecule has 0 radical (unpaired) electrons. The molecule has 4 heterocycles. The number of aliphatic hydroxyl groups excluding tert-OH is 1. The Hall–Kier alpha value is -2.64. The van der Waals surface area contributed by atoms with E-state index < -0.39 is 28.7 Å². The number of aliphatic hydroxyl groups is 1. The third-order valence-electron chi connectivity index (χ3n) is 9.24. The van der Waals surface area contributed by atoms with Gasteiger partial charge in [0.1, 0.15) is 11.8 Å². The Balaban J connectivity index is 1.30. The third kappa shape index (κ3) is 5.75.